The van der Waals surface area contributed by atoms with Gasteiger partial charge in [-0.3, -0.25) is 0 Å². The molecule has 0 radical (unpaired) electrons. The quantitative estimate of drug-likeness (QED) is 0.282. The number of alkyl halides is 2. The van der Waals surface area contributed by atoms with E-state index < -0.39 is 58.3 Å². The van der Waals surface area contributed by atoms with E-state index in [-0.39, 0.29) is 0 Å². The molecule has 2 nitrogen and oxygen atoms in total. The third-order valence-electron chi connectivity index (χ3n) is 1.93. The zero-order valence-corrected chi connectivity index (χ0v) is 9.54. The van der Waals surface area contributed by atoms with E-state index in [1.165, 1.54) is 0 Å². The number of halogens is 8. The van der Waals surface area contributed by atoms with Crippen molar-refractivity contribution in [1.82, 2.24) is 0 Å². The van der Waals surface area contributed by atoms with Gasteiger partial charge in [0, 0.05) is 0 Å². The molecule has 1 atom stereocenters. The van der Waals surface area contributed by atoms with Gasteiger partial charge in [0.1, 0.15) is 0 Å². The maximum atomic E-state index is 13.2. The van der Waals surface area contributed by atoms with Crippen molar-refractivity contribution in [2.75, 3.05) is 0 Å². The van der Waals surface area contributed by atoms with E-state index in [1.54, 1.807) is 0 Å². The Hall–Kier alpha value is -0.620. The van der Waals surface area contributed by atoms with Crippen LogP contribution in [0.4, 0.5) is 29.2 Å². The zero-order chi connectivity index (χ0) is 13.2. The molecular weight excluding hydrogens is 376 g/mol. The van der Waals surface area contributed by atoms with Crippen molar-refractivity contribution < 1.29 is 55.5 Å². The van der Waals surface area contributed by atoms with E-state index in [9.17, 15) is 29.2 Å². The number of hydrogen-bond donors (Lipinski definition) is 1. The maximum absolute atomic E-state index is 13.2. The fourth-order valence-corrected chi connectivity index (χ4v) is 4.50. The summed E-state index contributed by atoms with van der Waals surface area (Å²) < 4.78 is 101. The molecule has 0 saturated carbocycles. The van der Waals surface area contributed by atoms with E-state index in [1.807, 2.05) is 0 Å². The van der Waals surface area contributed by atoms with Crippen LogP contribution in [0.15, 0.2) is 0 Å². The first-order valence-corrected chi connectivity index (χ1v) is 7.48. The van der Waals surface area contributed by atoms with E-state index in [4.69, 9.17) is 3.44 Å². The average molecular weight is 377 g/mol. The molecule has 98 valence electrons. The molecule has 0 fully saturated rings. The summed E-state index contributed by atoms with van der Waals surface area (Å²) in [5, 5.41) is 0. The molecular formula is C7HF7IO2-. The summed E-state index contributed by atoms with van der Waals surface area (Å²) in [5.41, 5.74) is -2.13. The van der Waals surface area contributed by atoms with E-state index in [0.29, 0.717) is 0 Å². The SMILES string of the molecule is O[I-]1(F)OC(F)(F)c2c(F)c(F)c(F)c(F)c21. The predicted molar refractivity (Wildman–Crippen MR) is 33.3 cm³/mol. The number of fused-ring (bicyclic) bond motifs is 1. The van der Waals surface area contributed by atoms with Gasteiger partial charge in [0.05, 0.1) is 0 Å². The monoisotopic (exact) mass is 377 g/mol. The van der Waals surface area contributed by atoms with E-state index in [2.05, 4.69) is 3.07 Å². The molecule has 0 amide bonds. The van der Waals surface area contributed by atoms with Gasteiger partial charge in [-0.15, -0.1) is 0 Å². The van der Waals surface area contributed by atoms with Gasteiger partial charge in [-0.2, -0.15) is 0 Å². The van der Waals surface area contributed by atoms with Crippen molar-refractivity contribution in [2.24, 2.45) is 0 Å². The predicted octanol–water partition coefficient (Wildman–Crippen LogP) is -0.641. The summed E-state index contributed by atoms with van der Waals surface area (Å²) >= 11 is -6.46. The molecule has 10 heteroatoms. The Kier molecular flexibility index (Phi) is 2.60. The second-order valence-electron chi connectivity index (χ2n) is 2.96. The van der Waals surface area contributed by atoms with Crippen LogP contribution in [0, 0.1) is 26.8 Å². The molecule has 1 aliphatic rings. The van der Waals surface area contributed by atoms with Gasteiger partial charge in [0.2, 0.25) is 0 Å². The summed E-state index contributed by atoms with van der Waals surface area (Å²) in [5.74, 6) is -9.90. The van der Waals surface area contributed by atoms with Crippen LogP contribution < -0.4 is 19.8 Å². The third-order valence-corrected chi connectivity index (χ3v) is 5.41. The fraction of sp³-hybridized carbons (Fsp3) is 0.143. The molecule has 0 spiro atoms. The second kappa shape index (κ2) is 3.45. The average Bonchev–Trinajstić information content (AvgIpc) is 2.36. The van der Waals surface area contributed by atoms with E-state index >= 15 is 0 Å². The Morgan fingerprint density at radius 2 is 1.41 bits per heavy atom. The van der Waals surface area contributed by atoms with Gasteiger partial charge in [0.15, 0.2) is 0 Å². The van der Waals surface area contributed by atoms with Crippen molar-refractivity contribution in [3.05, 3.63) is 32.4 Å². The number of rotatable bonds is 0. The summed E-state index contributed by atoms with van der Waals surface area (Å²) in [6, 6.07) is 0. The van der Waals surface area contributed by atoms with Crippen molar-refractivity contribution in [1.29, 1.82) is 0 Å². The van der Waals surface area contributed by atoms with Crippen LogP contribution in [-0.2, 0) is 9.17 Å². The first-order chi connectivity index (χ1) is 7.59. The van der Waals surface area contributed by atoms with Gasteiger partial charge in [-0.25, -0.2) is 0 Å². The van der Waals surface area contributed by atoms with Gasteiger partial charge < -0.3 is 0 Å². The van der Waals surface area contributed by atoms with Crippen LogP contribution in [-0.4, -0.2) is 3.44 Å². The van der Waals surface area contributed by atoms with Gasteiger partial charge in [0.25, 0.3) is 0 Å². The molecule has 1 unspecified atom stereocenters. The molecule has 1 aromatic rings. The van der Waals surface area contributed by atoms with E-state index in [0.717, 1.165) is 0 Å². The van der Waals surface area contributed by atoms with Gasteiger partial charge >= 0.3 is 94.1 Å². The first kappa shape index (κ1) is 12.8. The molecule has 0 aliphatic carbocycles. The normalized spacial score (nSPS) is 29.9. The minimum atomic E-state index is -6.46. The van der Waals surface area contributed by atoms with Crippen LogP contribution in [0.3, 0.4) is 0 Å². The van der Waals surface area contributed by atoms with Crippen LogP contribution >= 0.6 is 0 Å². The topological polar surface area (TPSA) is 29.5 Å². The number of hydrogen-bond acceptors (Lipinski definition) is 2. The third kappa shape index (κ3) is 1.61. The Bertz CT molecular complexity index is 471. The summed E-state index contributed by atoms with van der Waals surface area (Å²) in [4.78, 5) is 0. The molecule has 0 saturated heterocycles. The molecule has 0 aromatic heterocycles. The summed E-state index contributed by atoms with van der Waals surface area (Å²) in [6.07, 6.45) is -4.74. The second-order valence-corrected chi connectivity index (χ2v) is 6.90. The zero-order valence-electron chi connectivity index (χ0n) is 7.38. The Balaban J connectivity index is 2.92. The minimum absolute atomic E-state index is 1.93. The molecule has 1 aromatic carbocycles. The molecule has 1 N–H and O–H groups in total. The van der Waals surface area contributed by atoms with Crippen molar-refractivity contribution in [2.45, 2.75) is 6.11 Å². The fourth-order valence-electron chi connectivity index (χ4n) is 1.28. The summed E-state index contributed by atoms with van der Waals surface area (Å²) in [7, 11) is 0. The van der Waals surface area contributed by atoms with Crippen LogP contribution in [0.1, 0.15) is 5.56 Å². The Labute approximate surface area is 94.4 Å². The van der Waals surface area contributed by atoms with Gasteiger partial charge in [-0.1, -0.05) is 0 Å². The Morgan fingerprint density at radius 3 is 1.94 bits per heavy atom. The van der Waals surface area contributed by atoms with Gasteiger partial charge in [-0.05, 0) is 0 Å². The van der Waals surface area contributed by atoms with Crippen molar-refractivity contribution in [3.8, 4) is 0 Å². The summed E-state index contributed by atoms with van der Waals surface area (Å²) in [6.45, 7) is 0. The molecule has 1 heterocycles. The van der Waals surface area contributed by atoms with Crippen molar-refractivity contribution in [3.63, 3.8) is 0 Å². The first-order valence-electron chi connectivity index (χ1n) is 3.74. The van der Waals surface area contributed by atoms with Crippen LogP contribution in [0.2, 0.25) is 0 Å². The molecule has 2 rings (SSSR count). The Morgan fingerprint density at radius 1 is 0.941 bits per heavy atom. The van der Waals surface area contributed by atoms with Crippen LogP contribution in [0.5, 0.6) is 0 Å². The molecule has 17 heavy (non-hydrogen) atoms. The van der Waals surface area contributed by atoms with Crippen molar-refractivity contribution >= 4 is 0 Å². The molecule has 0 bridgehead atoms. The van der Waals surface area contributed by atoms with Crippen LogP contribution in [0.25, 0.3) is 0 Å². The molecule has 1 aliphatic heterocycles. The number of benzene rings is 1. The standard InChI is InChI=1S/C7HF7IO2/c8-2-1-6(5(11)4(10)3(2)9)15(14,16)17-7(1,12)13/h16H/q-1.